The molecule has 0 saturated heterocycles. The molecule has 10 aromatic rings. The third-order valence-electron chi connectivity index (χ3n) is 9.41. The normalized spacial score (nSPS) is 14.5. The predicted molar refractivity (Wildman–Crippen MR) is 208 cm³/mol. The van der Waals surface area contributed by atoms with Crippen LogP contribution in [0.2, 0.25) is 0 Å². The lowest BCUT2D eigenvalue weighted by atomic mass is 9.84. The highest BCUT2D eigenvalue weighted by Crippen LogP contribution is 2.48. The monoisotopic (exact) mass is 632 g/mol. The molecule has 0 N–H and O–H groups in total. The first-order valence-electron chi connectivity index (χ1n) is 21.0. The predicted octanol–water partition coefficient (Wildman–Crippen LogP) is 13.7. The summed E-state index contributed by atoms with van der Waals surface area (Å²) in [5.74, 6) is 0. The van der Waals surface area contributed by atoms with Crippen LogP contribution in [0, 0.1) is 0 Å². The third-order valence-corrected chi connectivity index (χ3v) is 9.41. The molecule has 0 aliphatic carbocycles. The summed E-state index contributed by atoms with van der Waals surface area (Å²) in [6, 6.07) is 36.1. The van der Waals surface area contributed by atoms with Gasteiger partial charge in [0, 0.05) is 16.2 Å². The van der Waals surface area contributed by atoms with Gasteiger partial charge in [-0.2, -0.15) is 0 Å². The van der Waals surface area contributed by atoms with Crippen molar-refractivity contribution in [3.8, 4) is 44.5 Å². The summed E-state index contributed by atoms with van der Waals surface area (Å²) in [6.07, 6.45) is 0. The topological polar surface area (TPSA) is 13.1 Å². The maximum atomic E-state index is 8.66. The van der Waals surface area contributed by atoms with E-state index in [2.05, 4.69) is 30.3 Å². The van der Waals surface area contributed by atoms with Gasteiger partial charge in [-0.15, -0.1) is 0 Å². The van der Waals surface area contributed by atoms with Gasteiger partial charge in [0.05, 0.1) is 13.7 Å². The van der Waals surface area contributed by atoms with Gasteiger partial charge < -0.3 is 4.42 Å². The van der Waals surface area contributed by atoms with Crippen LogP contribution in [0.5, 0.6) is 0 Å². The summed E-state index contributed by atoms with van der Waals surface area (Å²) in [4.78, 5) is 0. The van der Waals surface area contributed by atoms with Crippen LogP contribution < -0.4 is 0 Å². The molecule has 0 amide bonds. The maximum absolute atomic E-state index is 8.66. The number of hydrogen-bond donors (Lipinski definition) is 0. The molecule has 1 nitrogen and oxygen atoms in total. The molecular weight excluding hydrogens is 593 g/mol. The summed E-state index contributed by atoms with van der Waals surface area (Å²) in [5, 5.41) is 7.43. The van der Waals surface area contributed by atoms with E-state index in [1.54, 1.807) is 12.1 Å². The van der Waals surface area contributed by atoms with E-state index in [-0.39, 0.29) is 59.5 Å². The Bertz CT molecular complexity index is 3350. The highest BCUT2D eigenvalue weighted by Gasteiger charge is 2.21. The number of furan rings is 1. The minimum absolute atomic E-state index is 0.146. The number of fused-ring (bicyclic) bond motifs is 7. The Morgan fingerprint density at radius 1 is 0.388 bits per heavy atom. The molecule has 0 saturated carbocycles. The number of benzene rings is 9. The van der Waals surface area contributed by atoms with Crippen LogP contribution in [0.25, 0.3) is 98.8 Å². The lowest BCUT2D eigenvalue weighted by Gasteiger charge is -2.18. The Kier molecular flexibility index (Phi) is 4.39. The van der Waals surface area contributed by atoms with Crippen molar-refractivity contribution in [1.82, 2.24) is 0 Å². The first-order chi connectivity index (χ1) is 28.5. The molecule has 0 radical (unpaired) electrons. The Balaban J connectivity index is 1.20. The van der Waals surface area contributed by atoms with E-state index >= 15 is 0 Å². The van der Waals surface area contributed by atoms with Crippen LogP contribution in [0.4, 0.5) is 0 Å². The van der Waals surface area contributed by atoms with Crippen LogP contribution in [0.3, 0.4) is 0 Å². The van der Waals surface area contributed by atoms with Gasteiger partial charge in [-0.1, -0.05) is 151 Å². The van der Waals surface area contributed by atoms with Crippen molar-refractivity contribution in [1.29, 1.82) is 0 Å². The van der Waals surface area contributed by atoms with E-state index in [1.165, 1.54) is 0 Å². The Morgan fingerprint density at radius 2 is 0.959 bits per heavy atom. The van der Waals surface area contributed by atoms with Gasteiger partial charge in [-0.05, 0) is 102 Å². The molecule has 0 unspecified atom stereocenters. The fraction of sp³-hybridized carbons (Fsp3) is 0. The highest BCUT2D eigenvalue weighted by atomic mass is 16.3. The Labute approximate surface area is 298 Å². The fourth-order valence-corrected chi connectivity index (χ4v) is 7.32. The molecule has 0 bridgehead atoms. The van der Waals surface area contributed by atoms with E-state index in [0.29, 0.717) is 22.3 Å². The van der Waals surface area contributed by atoms with Crippen LogP contribution in [0.1, 0.15) is 13.7 Å². The summed E-state index contributed by atoms with van der Waals surface area (Å²) in [6.45, 7) is 0. The van der Waals surface area contributed by atoms with Crippen molar-refractivity contribution < 1.29 is 18.1 Å². The second-order valence-electron chi connectivity index (χ2n) is 12.1. The molecule has 0 aliphatic heterocycles. The van der Waals surface area contributed by atoms with Crippen molar-refractivity contribution in [3.63, 3.8) is 0 Å². The first kappa shape index (κ1) is 19.4. The molecule has 1 heterocycles. The van der Waals surface area contributed by atoms with Crippen molar-refractivity contribution in [2.45, 2.75) is 0 Å². The van der Waals surface area contributed by atoms with E-state index in [9.17, 15) is 0 Å². The van der Waals surface area contributed by atoms with Crippen molar-refractivity contribution in [3.05, 3.63) is 182 Å². The van der Waals surface area contributed by atoms with Crippen LogP contribution >= 0.6 is 0 Å². The van der Waals surface area contributed by atoms with Crippen molar-refractivity contribution >= 4 is 54.3 Å². The van der Waals surface area contributed by atoms with Crippen LogP contribution in [-0.2, 0) is 0 Å². The Morgan fingerprint density at radius 3 is 1.63 bits per heavy atom. The summed E-state index contributed by atoms with van der Waals surface area (Å²) >= 11 is 0. The third kappa shape index (κ3) is 4.40. The quantitative estimate of drug-likeness (QED) is 0.176. The molecule has 0 atom stereocenters. The average molecular weight is 633 g/mol. The molecule has 0 spiro atoms. The zero-order valence-corrected chi connectivity index (χ0v) is 26.0. The molecule has 49 heavy (non-hydrogen) atoms. The van der Waals surface area contributed by atoms with Gasteiger partial charge in [0.25, 0.3) is 0 Å². The van der Waals surface area contributed by atoms with E-state index in [1.807, 2.05) is 78.9 Å². The molecule has 0 fully saturated rings. The second kappa shape index (κ2) is 11.1. The standard InChI is InChI=1S/C48H30O/c1-3-13-31(14-4-1)33-17-11-18-36(30-33)45-38-19-7-9-21-40(38)46(41-22-10-8-20-39(41)45)42-23-12-24-44-47(42)43-28-26-35-29-34(32-15-5-2-6-16-32)25-27-37(35)48(43)49-44/h1-30H/i1D,2D,3D,4D,5D,6D,13D,14D,15D,16D. The molecule has 1 heteroatoms. The molecule has 0 aliphatic rings. The lowest BCUT2D eigenvalue weighted by molar-refractivity contribution is 0.673. The van der Waals surface area contributed by atoms with Gasteiger partial charge in [0.2, 0.25) is 0 Å². The van der Waals surface area contributed by atoms with E-state index in [0.717, 1.165) is 65.3 Å². The smallest absolute Gasteiger partial charge is 0.143 e. The van der Waals surface area contributed by atoms with Gasteiger partial charge >= 0.3 is 0 Å². The minimum atomic E-state index is -0.430. The van der Waals surface area contributed by atoms with E-state index in [4.69, 9.17) is 18.1 Å². The van der Waals surface area contributed by atoms with Gasteiger partial charge in [0.1, 0.15) is 11.2 Å². The number of rotatable bonds is 4. The molecular formula is C48H30O. The van der Waals surface area contributed by atoms with E-state index < -0.39 is 12.1 Å². The summed E-state index contributed by atoms with van der Waals surface area (Å²) < 4.78 is 90.1. The molecule has 10 rings (SSSR count). The zero-order chi connectivity index (χ0) is 41.0. The summed E-state index contributed by atoms with van der Waals surface area (Å²) in [5.41, 5.74) is 6.51. The van der Waals surface area contributed by atoms with Crippen molar-refractivity contribution in [2.24, 2.45) is 0 Å². The SMILES string of the molecule is [2H]c1c([2H])c([2H])c(-c2cccc(-c3c4ccccc4c(-c4cccc5oc6c7ccc(-c8c([2H])c([2H])c([2H])c([2H])c8[2H])cc7ccc6c45)c4ccccc34)c2)c([2H])c1[2H]. The zero-order valence-electron chi connectivity index (χ0n) is 36.0. The molecule has 9 aromatic carbocycles. The maximum Gasteiger partial charge on any atom is 0.143 e. The minimum Gasteiger partial charge on any atom is -0.455 e. The lowest BCUT2D eigenvalue weighted by Crippen LogP contribution is -1.91. The van der Waals surface area contributed by atoms with Gasteiger partial charge in [-0.25, -0.2) is 0 Å². The van der Waals surface area contributed by atoms with Crippen molar-refractivity contribution in [2.75, 3.05) is 0 Å². The second-order valence-corrected chi connectivity index (χ2v) is 12.1. The van der Waals surface area contributed by atoms with Crippen LogP contribution in [-0.4, -0.2) is 0 Å². The first-order valence-corrected chi connectivity index (χ1v) is 16.0. The molecule has 1 aromatic heterocycles. The average Bonchev–Trinajstić information content (AvgIpc) is 3.65. The summed E-state index contributed by atoms with van der Waals surface area (Å²) in [7, 11) is 0. The fourth-order valence-electron chi connectivity index (χ4n) is 7.32. The number of hydrogen-bond acceptors (Lipinski definition) is 1. The van der Waals surface area contributed by atoms with Gasteiger partial charge in [-0.3, -0.25) is 0 Å². The van der Waals surface area contributed by atoms with Crippen LogP contribution in [0.15, 0.2) is 186 Å². The van der Waals surface area contributed by atoms with Gasteiger partial charge in [0.15, 0.2) is 0 Å². The Hall–Kier alpha value is -6.44. The highest BCUT2D eigenvalue weighted by molar-refractivity contribution is 6.27. The largest absolute Gasteiger partial charge is 0.455 e. The molecule has 228 valence electrons.